The Hall–Kier alpha value is -1.55. The standard InChI is InChI=1S/C15H22N2O2/c1-2-3-11-9-14(11)17-15(19)13(16)8-10-4-6-12(18)7-5-10/h4-7,11,13-14,18H,2-3,8-9,16H2,1H3,(H,17,19)/t11?,13-,14?/m0/s1. The molecule has 0 bridgehead atoms. The predicted octanol–water partition coefficient (Wildman–Crippen LogP) is 1.57. The molecule has 3 atom stereocenters. The van der Waals surface area contributed by atoms with Crippen LogP contribution in [0.1, 0.15) is 31.7 Å². The molecule has 104 valence electrons. The lowest BCUT2D eigenvalue weighted by Gasteiger charge is -2.12. The minimum atomic E-state index is -0.521. The smallest absolute Gasteiger partial charge is 0.237 e. The Kier molecular flexibility index (Phi) is 4.43. The Bertz CT molecular complexity index is 430. The van der Waals surface area contributed by atoms with E-state index >= 15 is 0 Å². The highest BCUT2D eigenvalue weighted by Crippen LogP contribution is 2.34. The molecule has 1 aromatic rings. The summed E-state index contributed by atoms with van der Waals surface area (Å²) < 4.78 is 0. The molecule has 1 aromatic carbocycles. The van der Waals surface area contributed by atoms with Crippen LogP contribution in [0.25, 0.3) is 0 Å². The SMILES string of the molecule is CCCC1CC1NC(=O)[C@@H](N)Cc1ccc(O)cc1. The molecular weight excluding hydrogens is 240 g/mol. The van der Waals surface area contributed by atoms with E-state index in [4.69, 9.17) is 5.73 Å². The highest BCUT2D eigenvalue weighted by Gasteiger charge is 2.37. The lowest BCUT2D eigenvalue weighted by molar-refractivity contribution is -0.122. The molecule has 1 aliphatic rings. The molecule has 19 heavy (non-hydrogen) atoms. The van der Waals surface area contributed by atoms with E-state index in [1.54, 1.807) is 24.3 Å². The van der Waals surface area contributed by atoms with Crippen LogP contribution in [0.3, 0.4) is 0 Å². The Balaban J connectivity index is 1.78. The van der Waals surface area contributed by atoms with Crippen molar-refractivity contribution in [1.29, 1.82) is 0 Å². The lowest BCUT2D eigenvalue weighted by Crippen LogP contribution is -2.43. The molecule has 1 saturated carbocycles. The highest BCUT2D eigenvalue weighted by molar-refractivity contribution is 5.82. The molecule has 0 aliphatic heterocycles. The van der Waals surface area contributed by atoms with Crippen molar-refractivity contribution in [3.05, 3.63) is 29.8 Å². The van der Waals surface area contributed by atoms with Crippen molar-refractivity contribution in [2.24, 2.45) is 11.7 Å². The summed E-state index contributed by atoms with van der Waals surface area (Å²) in [6.45, 7) is 2.16. The number of carbonyl (C=O) groups excluding carboxylic acids is 1. The largest absolute Gasteiger partial charge is 0.508 e. The van der Waals surface area contributed by atoms with Gasteiger partial charge in [0.25, 0.3) is 0 Å². The summed E-state index contributed by atoms with van der Waals surface area (Å²) in [5.41, 5.74) is 6.87. The van der Waals surface area contributed by atoms with Gasteiger partial charge in [-0.1, -0.05) is 25.5 Å². The van der Waals surface area contributed by atoms with Gasteiger partial charge >= 0.3 is 0 Å². The normalized spacial score (nSPS) is 22.8. The summed E-state index contributed by atoms with van der Waals surface area (Å²) in [7, 11) is 0. The third-order valence-electron chi connectivity index (χ3n) is 3.64. The average molecular weight is 262 g/mol. The first-order valence-corrected chi connectivity index (χ1v) is 6.94. The maximum Gasteiger partial charge on any atom is 0.237 e. The first kappa shape index (κ1) is 13.9. The number of amides is 1. The van der Waals surface area contributed by atoms with E-state index < -0.39 is 6.04 Å². The fourth-order valence-corrected chi connectivity index (χ4v) is 2.38. The second-order valence-electron chi connectivity index (χ2n) is 5.38. The summed E-state index contributed by atoms with van der Waals surface area (Å²) in [5.74, 6) is 0.800. The Morgan fingerprint density at radius 2 is 2.16 bits per heavy atom. The van der Waals surface area contributed by atoms with Gasteiger partial charge in [-0.3, -0.25) is 4.79 Å². The van der Waals surface area contributed by atoms with E-state index in [0.717, 1.165) is 18.4 Å². The third kappa shape index (κ3) is 3.96. The van der Waals surface area contributed by atoms with Crippen LogP contribution in [0.15, 0.2) is 24.3 Å². The van der Waals surface area contributed by atoms with Gasteiger partial charge in [0.2, 0.25) is 5.91 Å². The number of hydrogen-bond acceptors (Lipinski definition) is 3. The number of phenols is 1. The van der Waals surface area contributed by atoms with Gasteiger partial charge in [0.1, 0.15) is 5.75 Å². The van der Waals surface area contributed by atoms with Crippen LogP contribution in [0.5, 0.6) is 5.75 Å². The summed E-state index contributed by atoms with van der Waals surface area (Å²) in [4.78, 5) is 11.9. The molecule has 0 aromatic heterocycles. The van der Waals surface area contributed by atoms with Crippen molar-refractivity contribution in [2.45, 2.75) is 44.7 Å². The van der Waals surface area contributed by atoms with Gasteiger partial charge in [0.05, 0.1) is 6.04 Å². The number of aromatic hydroxyl groups is 1. The van der Waals surface area contributed by atoms with Crippen molar-refractivity contribution in [1.82, 2.24) is 5.32 Å². The minimum absolute atomic E-state index is 0.0725. The van der Waals surface area contributed by atoms with Gasteiger partial charge in [0.15, 0.2) is 0 Å². The molecule has 1 fully saturated rings. The van der Waals surface area contributed by atoms with Gasteiger partial charge in [0, 0.05) is 6.04 Å². The zero-order valence-electron chi connectivity index (χ0n) is 11.3. The van der Waals surface area contributed by atoms with Crippen LogP contribution >= 0.6 is 0 Å². The molecule has 1 amide bonds. The fourth-order valence-electron chi connectivity index (χ4n) is 2.38. The van der Waals surface area contributed by atoms with Crippen LogP contribution in [-0.4, -0.2) is 23.1 Å². The number of benzene rings is 1. The van der Waals surface area contributed by atoms with Crippen LogP contribution in [0.4, 0.5) is 0 Å². The molecule has 0 radical (unpaired) electrons. The van der Waals surface area contributed by atoms with Crippen molar-refractivity contribution < 1.29 is 9.90 Å². The molecule has 1 aliphatic carbocycles. The number of nitrogens with two attached hydrogens (primary N) is 1. The number of carbonyl (C=O) groups is 1. The molecule has 0 spiro atoms. The quantitative estimate of drug-likeness (QED) is 0.728. The van der Waals surface area contributed by atoms with E-state index in [2.05, 4.69) is 12.2 Å². The Morgan fingerprint density at radius 1 is 1.47 bits per heavy atom. The third-order valence-corrected chi connectivity index (χ3v) is 3.64. The zero-order chi connectivity index (χ0) is 13.8. The molecule has 4 heteroatoms. The molecule has 2 rings (SSSR count). The van der Waals surface area contributed by atoms with E-state index in [0.29, 0.717) is 18.4 Å². The monoisotopic (exact) mass is 262 g/mol. The van der Waals surface area contributed by atoms with Gasteiger partial charge in [-0.05, 0) is 42.9 Å². The van der Waals surface area contributed by atoms with E-state index in [-0.39, 0.29) is 11.7 Å². The summed E-state index contributed by atoms with van der Waals surface area (Å²) in [5, 5.41) is 12.2. The van der Waals surface area contributed by atoms with Crippen LogP contribution in [0.2, 0.25) is 0 Å². The maximum atomic E-state index is 11.9. The highest BCUT2D eigenvalue weighted by atomic mass is 16.3. The molecule has 0 saturated heterocycles. The second kappa shape index (κ2) is 6.06. The first-order chi connectivity index (χ1) is 9.10. The van der Waals surface area contributed by atoms with Crippen LogP contribution in [-0.2, 0) is 11.2 Å². The van der Waals surface area contributed by atoms with Gasteiger partial charge in [-0.15, -0.1) is 0 Å². The summed E-state index contributed by atoms with van der Waals surface area (Å²) >= 11 is 0. The first-order valence-electron chi connectivity index (χ1n) is 6.94. The van der Waals surface area contributed by atoms with Crippen LogP contribution in [0, 0.1) is 5.92 Å². The Morgan fingerprint density at radius 3 is 2.79 bits per heavy atom. The van der Waals surface area contributed by atoms with E-state index in [1.165, 1.54) is 6.42 Å². The predicted molar refractivity (Wildman–Crippen MR) is 74.7 cm³/mol. The number of nitrogens with one attached hydrogen (secondary N) is 1. The topological polar surface area (TPSA) is 75.4 Å². The molecular formula is C15H22N2O2. The van der Waals surface area contributed by atoms with Gasteiger partial charge in [-0.2, -0.15) is 0 Å². The van der Waals surface area contributed by atoms with Crippen molar-refractivity contribution in [2.75, 3.05) is 0 Å². The number of rotatable bonds is 6. The number of hydrogen-bond donors (Lipinski definition) is 3. The molecule has 4 nitrogen and oxygen atoms in total. The molecule has 2 unspecified atom stereocenters. The minimum Gasteiger partial charge on any atom is -0.508 e. The van der Waals surface area contributed by atoms with E-state index in [9.17, 15) is 9.90 Å². The van der Waals surface area contributed by atoms with Crippen molar-refractivity contribution in [3.63, 3.8) is 0 Å². The Labute approximate surface area is 114 Å². The van der Waals surface area contributed by atoms with Gasteiger partial charge in [-0.25, -0.2) is 0 Å². The summed E-state index contributed by atoms with van der Waals surface area (Å²) in [6, 6.07) is 6.61. The fraction of sp³-hybridized carbons (Fsp3) is 0.533. The van der Waals surface area contributed by atoms with Crippen molar-refractivity contribution >= 4 is 5.91 Å². The van der Waals surface area contributed by atoms with Crippen LogP contribution < -0.4 is 11.1 Å². The van der Waals surface area contributed by atoms with E-state index in [1.807, 2.05) is 0 Å². The van der Waals surface area contributed by atoms with Gasteiger partial charge < -0.3 is 16.2 Å². The lowest BCUT2D eigenvalue weighted by atomic mass is 10.1. The zero-order valence-corrected chi connectivity index (χ0v) is 11.3. The second-order valence-corrected chi connectivity index (χ2v) is 5.38. The van der Waals surface area contributed by atoms with Crippen molar-refractivity contribution in [3.8, 4) is 5.75 Å². The maximum absolute atomic E-state index is 11.9. The summed E-state index contributed by atoms with van der Waals surface area (Å²) in [6.07, 6.45) is 3.93. The molecule has 0 heterocycles. The molecule has 4 N–H and O–H groups in total. The average Bonchev–Trinajstić information content (AvgIpc) is 3.10. The number of phenolic OH excluding ortho intramolecular Hbond substituents is 1.